The molecule has 1 aromatic rings. The molecule has 0 fully saturated rings. The monoisotopic (exact) mass is 284 g/mol. The van der Waals surface area contributed by atoms with Crippen LogP contribution in [-0.4, -0.2) is 29.6 Å². The Morgan fingerprint density at radius 1 is 1.25 bits per heavy atom. The van der Waals surface area contributed by atoms with Gasteiger partial charge in [-0.1, -0.05) is 13.8 Å². The second kappa shape index (κ2) is 7.47. The van der Waals surface area contributed by atoms with Crippen molar-refractivity contribution >= 4 is 17.6 Å². The van der Waals surface area contributed by atoms with E-state index in [1.54, 1.807) is 0 Å². The van der Waals surface area contributed by atoms with Crippen LogP contribution in [0.2, 0.25) is 0 Å². The standard InChI is InChI=1S/C12H15FN2O3.C2H6/c1-12(2,11(17)18)15-7-4-5-8(9(13)6-7)10(16)14-3;1-2/h4-6,15H,1-3H3,(H,14,16)(H,17,18);1-2H3. The number of hydrogen-bond donors (Lipinski definition) is 3. The van der Waals surface area contributed by atoms with Crippen molar-refractivity contribution < 1.29 is 19.1 Å². The van der Waals surface area contributed by atoms with E-state index in [-0.39, 0.29) is 5.56 Å². The third kappa shape index (κ3) is 4.53. The maximum atomic E-state index is 13.6. The van der Waals surface area contributed by atoms with Crippen LogP contribution in [-0.2, 0) is 4.79 Å². The summed E-state index contributed by atoms with van der Waals surface area (Å²) in [7, 11) is 1.40. The summed E-state index contributed by atoms with van der Waals surface area (Å²) in [5.41, 5.74) is -1.01. The molecule has 20 heavy (non-hydrogen) atoms. The SMILES string of the molecule is CC.CNC(=O)c1ccc(NC(C)(C)C(=O)O)cc1F. The molecule has 0 spiro atoms. The minimum absolute atomic E-state index is 0.0869. The molecule has 0 radical (unpaired) electrons. The van der Waals surface area contributed by atoms with Crippen molar-refractivity contribution in [2.45, 2.75) is 33.2 Å². The van der Waals surface area contributed by atoms with E-state index in [1.807, 2.05) is 13.8 Å². The van der Waals surface area contributed by atoms with Crippen molar-refractivity contribution in [2.24, 2.45) is 0 Å². The zero-order valence-corrected chi connectivity index (χ0v) is 12.4. The quantitative estimate of drug-likeness (QED) is 0.793. The van der Waals surface area contributed by atoms with Gasteiger partial charge in [-0.2, -0.15) is 0 Å². The van der Waals surface area contributed by atoms with E-state index in [9.17, 15) is 14.0 Å². The lowest BCUT2D eigenvalue weighted by atomic mass is 10.1. The Hall–Kier alpha value is -2.11. The average molecular weight is 284 g/mol. The van der Waals surface area contributed by atoms with Gasteiger partial charge in [0.2, 0.25) is 0 Å². The smallest absolute Gasteiger partial charge is 0.328 e. The van der Waals surface area contributed by atoms with Crippen molar-refractivity contribution in [2.75, 3.05) is 12.4 Å². The summed E-state index contributed by atoms with van der Waals surface area (Å²) in [4.78, 5) is 22.2. The Kier molecular flexibility index (Phi) is 6.68. The van der Waals surface area contributed by atoms with Gasteiger partial charge < -0.3 is 15.7 Å². The maximum Gasteiger partial charge on any atom is 0.328 e. The summed E-state index contributed by atoms with van der Waals surface area (Å²) in [6, 6.07) is 3.85. The molecule has 0 bridgehead atoms. The predicted molar refractivity (Wildman–Crippen MR) is 76.5 cm³/mol. The number of aliphatic carboxylic acids is 1. The van der Waals surface area contributed by atoms with Crippen LogP contribution in [0, 0.1) is 5.82 Å². The average Bonchev–Trinajstić information content (AvgIpc) is 2.39. The largest absolute Gasteiger partial charge is 0.480 e. The molecule has 0 atom stereocenters. The first-order valence-corrected chi connectivity index (χ1v) is 6.31. The van der Waals surface area contributed by atoms with Crippen molar-refractivity contribution in [3.63, 3.8) is 0 Å². The lowest BCUT2D eigenvalue weighted by molar-refractivity contribution is -0.141. The zero-order valence-electron chi connectivity index (χ0n) is 12.4. The first-order chi connectivity index (χ1) is 9.27. The van der Waals surface area contributed by atoms with Gasteiger partial charge in [0.05, 0.1) is 5.56 Å². The fraction of sp³-hybridized carbons (Fsp3) is 0.429. The summed E-state index contributed by atoms with van der Waals surface area (Å²) in [6.07, 6.45) is 0. The zero-order chi connectivity index (χ0) is 15.9. The van der Waals surface area contributed by atoms with Crippen LogP contribution in [0.5, 0.6) is 0 Å². The number of amides is 1. The highest BCUT2D eigenvalue weighted by atomic mass is 19.1. The number of hydrogen-bond acceptors (Lipinski definition) is 3. The van der Waals surface area contributed by atoms with Crippen molar-refractivity contribution in [3.05, 3.63) is 29.6 Å². The highest BCUT2D eigenvalue weighted by Gasteiger charge is 2.27. The third-order valence-electron chi connectivity index (χ3n) is 2.43. The van der Waals surface area contributed by atoms with Crippen LogP contribution in [0.1, 0.15) is 38.1 Å². The summed E-state index contributed by atoms with van der Waals surface area (Å²) in [5.74, 6) is -2.30. The maximum absolute atomic E-state index is 13.6. The Labute approximate surface area is 118 Å². The molecule has 0 saturated carbocycles. The van der Waals surface area contributed by atoms with Gasteiger partial charge in [-0.05, 0) is 32.0 Å². The molecule has 0 unspecified atom stereocenters. The highest BCUT2D eigenvalue weighted by molar-refractivity contribution is 5.94. The number of carboxylic acids is 1. The summed E-state index contributed by atoms with van der Waals surface area (Å²) in [6.45, 7) is 6.92. The van der Waals surface area contributed by atoms with Gasteiger partial charge in [-0.3, -0.25) is 4.79 Å². The van der Waals surface area contributed by atoms with E-state index >= 15 is 0 Å². The van der Waals surface area contributed by atoms with Gasteiger partial charge in [0.25, 0.3) is 5.91 Å². The molecular formula is C14H21FN2O3. The molecule has 0 aliphatic rings. The molecule has 3 N–H and O–H groups in total. The fourth-order valence-corrected chi connectivity index (χ4v) is 1.33. The van der Waals surface area contributed by atoms with E-state index in [1.165, 1.54) is 33.0 Å². The lowest BCUT2D eigenvalue weighted by Gasteiger charge is -2.22. The van der Waals surface area contributed by atoms with Gasteiger partial charge >= 0.3 is 5.97 Å². The number of anilines is 1. The molecule has 1 aromatic carbocycles. The number of carbonyl (C=O) groups is 2. The van der Waals surface area contributed by atoms with Crippen LogP contribution in [0.4, 0.5) is 10.1 Å². The molecule has 112 valence electrons. The summed E-state index contributed by atoms with van der Waals surface area (Å²) in [5, 5.41) is 13.9. The minimum atomic E-state index is -1.22. The normalized spacial score (nSPS) is 10.1. The molecule has 1 rings (SSSR count). The number of nitrogens with one attached hydrogen (secondary N) is 2. The number of benzene rings is 1. The van der Waals surface area contributed by atoms with Gasteiger partial charge in [0, 0.05) is 12.7 Å². The Morgan fingerprint density at radius 2 is 1.80 bits per heavy atom. The number of halogens is 1. The van der Waals surface area contributed by atoms with E-state index < -0.39 is 23.2 Å². The summed E-state index contributed by atoms with van der Waals surface area (Å²) < 4.78 is 13.6. The topological polar surface area (TPSA) is 78.4 Å². The lowest BCUT2D eigenvalue weighted by Crippen LogP contribution is -2.40. The van der Waals surface area contributed by atoms with Crippen molar-refractivity contribution in [1.82, 2.24) is 5.32 Å². The van der Waals surface area contributed by atoms with E-state index in [0.29, 0.717) is 5.69 Å². The van der Waals surface area contributed by atoms with Crippen LogP contribution in [0.3, 0.4) is 0 Å². The van der Waals surface area contributed by atoms with Crippen molar-refractivity contribution in [1.29, 1.82) is 0 Å². The third-order valence-corrected chi connectivity index (χ3v) is 2.43. The highest BCUT2D eigenvalue weighted by Crippen LogP contribution is 2.19. The van der Waals surface area contributed by atoms with Gasteiger partial charge in [-0.15, -0.1) is 0 Å². The number of carbonyl (C=O) groups excluding carboxylic acids is 1. The first-order valence-electron chi connectivity index (χ1n) is 6.31. The van der Waals surface area contributed by atoms with Crippen LogP contribution >= 0.6 is 0 Å². The Morgan fingerprint density at radius 3 is 2.20 bits per heavy atom. The van der Waals surface area contributed by atoms with E-state index in [2.05, 4.69) is 10.6 Å². The fourth-order valence-electron chi connectivity index (χ4n) is 1.33. The molecule has 0 aliphatic heterocycles. The second-order valence-corrected chi connectivity index (χ2v) is 4.33. The van der Waals surface area contributed by atoms with Crippen LogP contribution < -0.4 is 10.6 Å². The molecule has 1 amide bonds. The Balaban J connectivity index is 0.00000172. The van der Waals surface area contributed by atoms with Crippen LogP contribution in [0.15, 0.2) is 18.2 Å². The number of rotatable bonds is 4. The van der Waals surface area contributed by atoms with Gasteiger partial charge in [-0.25, -0.2) is 9.18 Å². The van der Waals surface area contributed by atoms with Gasteiger partial charge in [0.15, 0.2) is 0 Å². The van der Waals surface area contributed by atoms with E-state index in [4.69, 9.17) is 5.11 Å². The molecule has 0 saturated heterocycles. The number of carboxylic acid groups (broad SMARTS) is 1. The molecule has 0 aliphatic carbocycles. The van der Waals surface area contributed by atoms with E-state index in [0.717, 1.165) is 6.07 Å². The van der Waals surface area contributed by atoms with Crippen molar-refractivity contribution in [3.8, 4) is 0 Å². The minimum Gasteiger partial charge on any atom is -0.480 e. The molecular weight excluding hydrogens is 263 g/mol. The van der Waals surface area contributed by atoms with Crippen LogP contribution in [0.25, 0.3) is 0 Å². The molecule has 0 heterocycles. The predicted octanol–water partition coefficient (Wildman–Crippen LogP) is 2.49. The summed E-state index contributed by atoms with van der Waals surface area (Å²) >= 11 is 0. The Bertz CT molecular complexity index is 487. The molecule has 6 heteroatoms. The molecule has 5 nitrogen and oxygen atoms in total. The first kappa shape index (κ1) is 17.9. The molecule has 0 aromatic heterocycles. The van der Waals surface area contributed by atoms with Gasteiger partial charge in [0.1, 0.15) is 11.4 Å². The second-order valence-electron chi connectivity index (χ2n) is 4.33.